The van der Waals surface area contributed by atoms with E-state index >= 15 is 0 Å². The summed E-state index contributed by atoms with van der Waals surface area (Å²) in [5.74, 6) is 0.602. The van der Waals surface area contributed by atoms with E-state index < -0.39 is 5.60 Å². The van der Waals surface area contributed by atoms with Crippen molar-refractivity contribution in [1.82, 2.24) is 19.9 Å². The number of nitrogens with zero attached hydrogens (tertiary/aromatic N) is 4. The number of carbonyl (C=O) groups excluding carboxylic acids is 1. The predicted octanol–water partition coefficient (Wildman–Crippen LogP) is 2.50. The van der Waals surface area contributed by atoms with Crippen molar-refractivity contribution in [2.24, 2.45) is 11.3 Å². The molecule has 0 aromatic carbocycles. The van der Waals surface area contributed by atoms with Crippen LogP contribution in [0.4, 0.5) is 0 Å². The van der Waals surface area contributed by atoms with Crippen molar-refractivity contribution < 1.29 is 9.90 Å². The van der Waals surface area contributed by atoms with E-state index in [1.54, 1.807) is 13.8 Å². The molecule has 6 heteroatoms. The second kappa shape index (κ2) is 6.14. The average Bonchev–Trinajstić information content (AvgIpc) is 3.08. The Morgan fingerprint density at radius 1 is 1.33 bits per heavy atom. The van der Waals surface area contributed by atoms with Gasteiger partial charge in [0, 0.05) is 19.0 Å². The number of amides is 1. The second-order valence-electron chi connectivity index (χ2n) is 8.03. The Balaban J connectivity index is 1.57. The van der Waals surface area contributed by atoms with E-state index in [0.717, 1.165) is 45.2 Å². The van der Waals surface area contributed by atoms with Gasteiger partial charge in [-0.25, -0.2) is 4.68 Å². The molecular weight excluding hydrogens is 304 g/mol. The molecule has 1 saturated carbocycles. The molecule has 1 aliphatic heterocycles. The van der Waals surface area contributed by atoms with E-state index in [2.05, 4.69) is 24.2 Å². The van der Waals surface area contributed by atoms with Crippen molar-refractivity contribution in [2.45, 2.75) is 71.4 Å². The monoisotopic (exact) mass is 334 g/mol. The lowest BCUT2D eigenvalue weighted by atomic mass is 9.96. The lowest BCUT2D eigenvalue weighted by molar-refractivity contribution is -0.134. The molecule has 6 nitrogen and oxygen atoms in total. The van der Waals surface area contributed by atoms with Gasteiger partial charge in [0.1, 0.15) is 11.3 Å². The summed E-state index contributed by atoms with van der Waals surface area (Å²) in [5, 5.41) is 18.3. The molecule has 134 valence electrons. The maximum atomic E-state index is 12.7. The SMILES string of the molecule is CCC1(CC)C[C@H]1C(=O)N1CCC(n2cc(C(C)(C)O)nn2)CC1. The van der Waals surface area contributed by atoms with Gasteiger partial charge in [0.05, 0.1) is 12.2 Å². The fourth-order valence-corrected chi connectivity index (χ4v) is 4.04. The van der Waals surface area contributed by atoms with Crippen molar-refractivity contribution in [1.29, 1.82) is 0 Å². The third kappa shape index (κ3) is 3.08. The maximum Gasteiger partial charge on any atom is 0.226 e. The van der Waals surface area contributed by atoms with E-state index in [-0.39, 0.29) is 17.4 Å². The maximum absolute atomic E-state index is 12.7. The Morgan fingerprint density at radius 2 is 1.96 bits per heavy atom. The topological polar surface area (TPSA) is 71.2 Å². The number of carbonyl (C=O) groups is 1. The van der Waals surface area contributed by atoms with Crippen molar-refractivity contribution in [2.75, 3.05) is 13.1 Å². The molecule has 1 aromatic rings. The lowest BCUT2D eigenvalue weighted by Gasteiger charge is -2.32. The van der Waals surface area contributed by atoms with Gasteiger partial charge in [-0.3, -0.25) is 4.79 Å². The molecule has 1 aliphatic carbocycles. The Kier molecular flexibility index (Phi) is 4.45. The molecule has 2 heterocycles. The zero-order valence-corrected chi connectivity index (χ0v) is 15.3. The van der Waals surface area contributed by atoms with E-state index in [1.807, 2.05) is 15.8 Å². The quantitative estimate of drug-likeness (QED) is 0.898. The number of hydrogen-bond donors (Lipinski definition) is 1. The third-order valence-electron chi connectivity index (χ3n) is 6.18. The van der Waals surface area contributed by atoms with Crippen LogP contribution in [-0.4, -0.2) is 44.0 Å². The molecular formula is C18H30N4O2. The fourth-order valence-electron chi connectivity index (χ4n) is 4.04. The molecule has 2 fully saturated rings. The molecule has 24 heavy (non-hydrogen) atoms. The van der Waals surface area contributed by atoms with E-state index in [0.29, 0.717) is 11.6 Å². The van der Waals surface area contributed by atoms with Crippen LogP contribution < -0.4 is 0 Å². The largest absolute Gasteiger partial charge is 0.384 e. The van der Waals surface area contributed by atoms with Gasteiger partial charge >= 0.3 is 0 Å². The smallest absolute Gasteiger partial charge is 0.226 e. The van der Waals surface area contributed by atoms with Gasteiger partial charge in [-0.2, -0.15) is 0 Å². The van der Waals surface area contributed by atoms with Crippen LogP contribution in [0.1, 0.15) is 71.5 Å². The molecule has 1 N–H and O–H groups in total. The molecule has 0 spiro atoms. The molecule has 3 rings (SSSR count). The number of hydrogen-bond acceptors (Lipinski definition) is 4. The minimum atomic E-state index is -0.968. The van der Waals surface area contributed by atoms with E-state index in [9.17, 15) is 9.90 Å². The first-order valence-electron chi connectivity index (χ1n) is 9.24. The number of rotatable bonds is 5. The van der Waals surface area contributed by atoms with Gasteiger partial charge in [-0.15, -0.1) is 5.10 Å². The molecule has 0 radical (unpaired) electrons. The van der Waals surface area contributed by atoms with Crippen molar-refractivity contribution in [3.63, 3.8) is 0 Å². The van der Waals surface area contributed by atoms with Gasteiger partial charge in [-0.05, 0) is 51.4 Å². The first-order chi connectivity index (χ1) is 11.3. The van der Waals surface area contributed by atoms with Gasteiger partial charge in [0.2, 0.25) is 5.91 Å². The Hall–Kier alpha value is -1.43. The van der Waals surface area contributed by atoms with Crippen molar-refractivity contribution in [3.8, 4) is 0 Å². The fraction of sp³-hybridized carbons (Fsp3) is 0.833. The first kappa shape index (κ1) is 17.4. The van der Waals surface area contributed by atoms with Crippen LogP contribution in [0.15, 0.2) is 6.20 Å². The molecule has 2 aliphatic rings. The highest BCUT2D eigenvalue weighted by Crippen LogP contribution is 2.58. The molecule has 1 amide bonds. The second-order valence-corrected chi connectivity index (χ2v) is 8.03. The lowest BCUT2D eigenvalue weighted by Crippen LogP contribution is -2.40. The summed E-state index contributed by atoms with van der Waals surface area (Å²) in [6.07, 6.45) is 6.92. The summed E-state index contributed by atoms with van der Waals surface area (Å²) in [4.78, 5) is 14.8. The Morgan fingerprint density at radius 3 is 2.42 bits per heavy atom. The van der Waals surface area contributed by atoms with Gasteiger partial charge < -0.3 is 10.0 Å². The number of aromatic nitrogens is 3. The number of likely N-dealkylation sites (tertiary alicyclic amines) is 1. The average molecular weight is 334 g/mol. The van der Waals surface area contributed by atoms with E-state index in [1.165, 1.54) is 0 Å². The zero-order chi connectivity index (χ0) is 17.5. The van der Waals surface area contributed by atoms with Crippen LogP contribution in [0, 0.1) is 11.3 Å². The van der Waals surface area contributed by atoms with Gasteiger partial charge in [0.25, 0.3) is 0 Å². The summed E-state index contributed by atoms with van der Waals surface area (Å²) in [7, 11) is 0. The summed E-state index contributed by atoms with van der Waals surface area (Å²) in [5.41, 5.74) is -0.0962. The van der Waals surface area contributed by atoms with Crippen LogP contribution in [0.3, 0.4) is 0 Å². The molecule has 1 saturated heterocycles. The Labute approximate surface area is 144 Å². The van der Waals surface area contributed by atoms with Crippen LogP contribution in [0.25, 0.3) is 0 Å². The Bertz CT molecular complexity index is 592. The number of piperidine rings is 1. The van der Waals surface area contributed by atoms with E-state index in [4.69, 9.17) is 0 Å². The number of aliphatic hydroxyl groups is 1. The van der Waals surface area contributed by atoms with Crippen molar-refractivity contribution in [3.05, 3.63) is 11.9 Å². The summed E-state index contributed by atoms with van der Waals surface area (Å²) >= 11 is 0. The van der Waals surface area contributed by atoms with Crippen LogP contribution >= 0.6 is 0 Å². The summed E-state index contributed by atoms with van der Waals surface area (Å²) in [6, 6.07) is 0.263. The van der Waals surface area contributed by atoms with Crippen LogP contribution in [0.5, 0.6) is 0 Å². The zero-order valence-electron chi connectivity index (χ0n) is 15.3. The standard InChI is InChI=1S/C18H30N4O2/c1-5-18(6-2)11-14(18)16(23)21-9-7-13(8-10-21)22-12-15(19-20-22)17(3,4)24/h12-14,24H,5-11H2,1-4H3/t14-/m0/s1. The highest BCUT2D eigenvalue weighted by atomic mass is 16.3. The minimum absolute atomic E-state index is 0.247. The van der Waals surface area contributed by atoms with Crippen LogP contribution in [-0.2, 0) is 10.4 Å². The van der Waals surface area contributed by atoms with Gasteiger partial charge in [0.15, 0.2) is 0 Å². The molecule has 1 aromatic heterocycles. The third-order valence-corrected chi connectivity index (χ3v) is 6.18. The molecule has 0 bridgehead atoms. The van der Waals surface area contributed by atoms with Crippen LogP contribution in [0.2, 0.25) is 0 Å². The first-order valence-corrected chi connectivity index (χ1v) is 9.24. The summed E-state index contributed by atoms with van der Waals surface area (Å²) in [6.45, 7) is 9.42. The normalized spacial score (nSPS) is 24.2. The highest BCUT2D eigenvalue weighted by Gasteiger charge is 2.56. The minimum Gasteiger partial charge on any atom is -0.384 e. The van der Waals surface area contributed by atoms with Gasteiger partial charge in [-0.1, -0.05) is 19.1 Å². The van der Waals surface area contributed by atoms with Crippen molar-refractivity contribution >= 4 is 5.91 Å². The predicted molar refractivity (Wildman–Crippen MR) is 91.2 cm³/mol. The molecule has 1 atom stereocenters. The summed E-state index contributed by atoms with van der Waals surface area (Å²) < 4.78 is 1.86. The highest BCUT2D eigenvalue weighted by molar-refractivity contribution is 5.82. The molecule has 0 unspecified atom stereocenters.